The van der Waals surface area contributed by atoms with Gasteiger partial charge in [0.25, 0.3) is 0 Å². The number of benzene rings is 4. The van der Waals surface area contributed by atoms with Gasteiger partial charge in [-0.05, 0) is 81.7 Å². The minimum absolute atomic E-state index is 0.232. The smallest absolute Gasteiger partial charge is 0.0802 e. The van der Waals surface area contributed by atoms with Gasteiger partial charge in [0.15, 0.2) is 0 Å². The molecule has 0 saturated heterocycles. The predicted octanol–water partition coefficient (Wildman–Crippen LogP) is 8.01. The van der Waals surface area contributed by atoms with Crippen LogP contribution in [0.25, 0.3) is 54.5 Å². The Kier molecular flexibility index (Phi) is 3.51. The maximum absolute atomic E-state index is 5.18. The number of fused-ring (bicyclic) bond motifs is 7. The van der Waals surface area contributed by atoms with Crippen molar-refractivity contribution < 1.29 is 0 Å². The van der Waals surface area contributed by atoms with Crippen LogP contribution in [0.3, 0.4) is 0 Å². The van der Waals surface area contributed by atoms with E-state index in [4.69, 9.17) is 9.97 Å². The molecule has 158 valence electrons. The van der Waals surface area contributed by atoms with Crippen molar-refractivity contribution in [3.63, 3.8) is 0 Å². The van der Waals surface area contributed by atoms with Gasteiger partial charge in [-0.1, -0.05) is 56.3 Å². The summed E-state index contributed by atoms with van der Waals surface area (Å²) in [5.41, 5.74) is 8.11. The molecule has 0 amide bonds. The van der Waals surface area contributed by atoms with Crippen molar-refractivity contribution in [3.8, 4) is 11.3 Å². The molecule has 0 N–H and O–H groups in total. The van der Waals surface area contributed by atoms with Crippen molar-refractivity contribution in [2.45, 2.75) is 33.1 Å². The summed E-state index contributed by atoms with van der Waals surface area (Å²) in [5.74, 6) is 0. The molecule has 0 spiro atoms. The van der Waals surface area contributed by atoms with Crippen LogP contribution < -0.4 is 0 Å². The van der Waals surface area contributed by atoms with Gasteiger partial charge in [-0.15, -0.1) is 0 Å². The zero-order valence-electron chi connectivity index (χ0n) is 19.3. The van der Waals surface area contributed by atoms with Crippen LogP contribution in [-0.2, 0) is 5.41 Å². The van der Waals surface area contributed by atoms with E-state index < -0.39 is 0 Å². The summed E-state index contributed by atoms with van der Waals surface area (Å²) in [7, 11) is 0. The Hall–Kier alpha value is -3.78. The van der Waals surface area contributed by atoms with E-state index in [9.17, 15) is 0 Å². The molecule has 2 aromatic heterocycles. The highest BCUT2D eigenvalue weighted by molar-refractivity contribution is 6.21. The highest BCUT2D eigenvalue weighted by Crippen LogP contribution is 2.50. The zero-order chi connectivity index (χ0) is 22.5. The van der Waals surface area contributed by atoms with E-state index in [0.29, 0.717) is 0 Å². The SMILES string of the molecule is Cc1cc2ccc3c4ccnc5c4c(cc3c2cc1C)C(C)(C)c1nc2ccccc2cc1-5. The van der Waals surface area contributed by atoms with Crippen LogP contribution >= 0.6 is 0 Å². The molecule has 6 aromatic rings. The summed E-state index contributed by atoms with van der Waals surface area (Å²) in [4.78, 5) is 10.1. The van der Waals surface area contributed by atoms with Crippen molar-refractivity contribution in [2.24, 2.45) is 0 Å². The Morgan fingerprint density at radius 1 is 0.697 bits per heavy atom. The molecule has 33 heavy (non-hydrogen) atoms. The second-order valence-electron chi connectivity index (χ2n) is 10.0. The van der Waals surface area contributed by atoms with E-state index in [0.717, 1.165) is 27.9 Å². The minimum Gasteiger partial charge on any atom is -0.256 e. The van der Waals surface area contributed by atoms with Gasteiger partial charge in [0.1, 0.15) is 0 Å². The lowest BCUT2D eigenvalue weighted by molar-refractivity contribution is 0.624. The normalized spacial score (nSPS) is 14.3. The third kappa shape index (κ3) is 2.38. The number of nitrogens with zero attached hydrogens (tertiary/aromatic N) is 2. The lowest BCUT2D eigenvalue weighted by atomic mass is 9.71. The van der Waals surface area contributed by atoms with E-state index in [1.807, 2.05) is 6.20 Å². The predicted molar refractivity (Wildman–Crippen MR) is 139 cm³/mol. The van der Waals surface area contributed by atoms with Crippen LogP contribution in [0, 0.1) is 13.8 Å². The summed E-state index contributed by atoms with van der Waals surface area (Å²) < 4.78 is 0. The maximum atomic E-state index is 5.18. The van der Waals surface area contributed by atoms with Crippen molar-refractivity contribution in [1.29, 1.82) is 0 Å². The standard InChI is InChI=1S/C31H24N2/c1-17-13-19-9-10-21-22-11-12-32-29-25-15-20-7-5-6-8-27(20)33-30(25)31(3,4)26(28(22)29)16-24(21)23(19)14-18(17)2/h5-16H,1-4H3. The first-order valence-corrected chi connectivity index (χ1v) is 11.6. The van der Waals surface area contributed by atoms with Gasteiger partial charge in [0.05, 0.1) is 16.9 Å². The highest BCUT2D eigenvalue weighted by Gasteiger charge is 2.36. The molecular weight excluding hydrogens is 400 g/mol. The first-order valence-electron chi connectivity index (χ1n) is 11.6. The topological polar surface area (TPSA) is 25.8 Å². The third-order valence-corrected chi connectivity index (χ3v) is 7.72. The number of aryl methyl sites for hydroxylation is 2. The lowest BCUT2D eigenvalue weighted by Crippen LogP contribution is -2.25. The number of pyridine rings is 2. The van der Waals surface area contributed by atoms with Gasteiger partial charge in [-0.25, -0.2) is 0 Å². The van der Waals surface area contributed by atoms with E-state index in [-0.39, 0.29) is 5.41 Å². The first-order chi connectivity index (χ1) is 15.9. The van der Waals surface area contributed by atoms with Crippen LogP contribution in [0.4, 0.5) is 0 Å². The van der Waals surface area contributed by atoms with Gasteiger partial charge < -0.3 is 0 Å². The number of aromatic nitrogens is 2. The van der Waals surface area contributed by atoms with Crippen molar-refractivity contribution >= 4 is 43.2 Å². The average molecular weight is 425 g/mol. The van der Waals surface area contributed by atoms with E-state index >= 15 is 0 Å². The second kappa shape index (κ2) is 6.17. The van der Waals surface area contributed by atoms with Crippen LogP contribution in [-0.4, -0.2) is 9.97 Å². The fourth-order valence-electron chi connectivity index (χ4n) is 5.78. The van der Waals surface area contributed by atoms with Crippen molar-refractivity contribution in [1.82, 2.24) is 9.97 Å². The lowest BCUT2D eigenvalue weighted by Gasteiger charge is -2.34. The van der Waals surface area contributed by atoms with Gasteiger partial charge in [0, 0.05) is 27.9 Å². The maximum Gasteiger partial charge on any atom is 0.0802 e. The van der Waals surface area contributed by atoms with Gasteiger partial charge in [0.2, 0.25) is 0 Å². The summed E-state index contributed by atoms with van der Waals surface area (Å²) >= 11 is 0. The molecular formula is C31H24N2. The fourth-order valence-corrected chi connectivity index (χ4v) is 5.78. The second-order valence-corrected chi connectivity index (χ2v) is 10.0. The average Bonchev–Trinajstić information content (AvgIpc) is 2.82. The Morgan fingerprint density at radius 2 is 1.52 bits per heavy atom. The van der Waals surface area contributed by atoms with E-state index in [1.54, 1.807) is 0 Å². The van der Waals surface area contributed by atoms with Crippen LogP contribution in [0.2, 0.25) is 0 Å². The molecule has 2 heteroatoms. The molecule has 0 unspecified atom stereocenters. The first kappa shape index (κ1) is 18.8. The number of rotatable bonds is 0. The molecule has 1 aliphatic rings. The molecule has 2 heterocycles. The fraction of sp³-hybridized carbons (Fsp3) is 0.161. The van der Waals surface area contributed by atoms with Gasteiger partial charge in [-0.3, -0.25) is 9.97 Å². The number of hydrogen-bond acceptors (Lipinski definition) is 2. The summed E-state index contributed by atoms with van der Waals surface area (Å²) in [6.07, 6.45) is 1.96. The molecule has 0 fully saturated rings. The Bertz CT molecular complexity index is 1810. The molecule has 1 aliphatic carbocycles. The Balaban J connectivity index is 1.70. The minimum atomic E-state index is -0.232. The zero-order valence-corrected chi connectivity index (χ0v) is 19.3. The molecule has 0 aliphatic heterocycles. The molecule has 2 nitrogen and oxygen atoms in total. The number of para-hydroxylation sites is 1. The Labute approximate surface area is 192 Å². The molecule has 0 atom stereocenters. The molecule has 0 bridgehead atoms. The summed E-state index contributed by atoms with van der Waals surface area (Å²) in [5, 5.41) is 8.92. The highest BCUT2D eigenvalue weighted by atomic mass is 14.8. The third-order valence-electron chi connectivity index (χ3n) is 7.72. The van der Waals surface area contributed by atoms with Gasteiger partial charge in [-0.2, -0.15) is 0 Å². The molecule has 0 saturated carbocycles. The Morgan fingerprint density at radius 3 is 2.39 bits per heavy atom. The summed E-state index contributed by atoms with van der Waals surface area (Å²) in [6.45, 7) is 9.02. The van der Waals surface area contributed by atoms with E-state index in [2.05, 4.69) is 94.4 Å². The van der Waals surface area contributed by atoms with Crippen LogP contribution in [0.1, 0.15) is 36.2 Å². The van der Waals surface area contributed by atoms with Crippen LogP contribution in [0.15, 0.2) is 72.9 Å². The molecule has 4 aromatic carbocycles. The van der Waals surface area contributed by atoms with Gasteiger partial charge >= 0.3 is 0 Å². The quantitative estimate of drug-likeness (QED) is 0.231. The largest absolute Gasteiger partial charge is 0.256 e. The monoisotopic (exact) mass is 424 g/mol. The van der Waals surface area contributed by atoms with Crippen LogP contribution in [0.5, 0.6) is 0 Å². The van der Waals surface area contributed by atoms with Crippen molar-refractivity contribution in [2.75, 3.05) is 0 Å². The molecule has 0 radical (unpaired) electrons. The number of hydrogen-bond donors (Lipinski definition) is 0. The summed E-state index contributed by atoms with van der Waals surface area (Å²) in [6, 6.07) is 24.5. The molecule has 7 rings (SSSR count). The van der Waals surface area contributed by atoms with Crippen molar-refractivity contribution in [3.05, 3.63) is 95.3 Å². The van der Waals surface area contributed by atoms with E-state index in [1.165, 1.54) is 49.0 Å².